The topological polar surface area (TPSA) is 70.2 Å². The maximum atomic E-state index is 13.0. The minimum Gasteiger partial charge on any atom is -0.381 e. The summed E-state index contributed by atoms with van der Waals surface area (Å²) in [7, 11) is -1.81. The van der Waals surface area contributed by atoms with E-state index in [0.717, 1.165) is 32.2 Å². The van der Waals surface area contributed by atoms with Crippen LogP contribution in [0, 0.1) is 5.41 Å². The molecule has 3 aliphatic rings. The maximum Gasteiger partial charge on any atom is 0.282 e. The molecule has 0 unspecified atom stereocenters. The van der Waals surface area contributed by atoms with Gasteiger partial charge >= 0.3 is 0 Å². The summed E-state index contributed by atoms with van der Waals surface area (Å²) in [4.78, 5) is 14.9. The third-order valence-corrected chi connectivity index (χ3v) is 8.08. The van der Waals surface area contributed by atoms with Crippen LogP contribution in [0.1, 0.15) is 46.0 Å². The number of rotatable bonds is 4. The van der Waals surface area contributed by atoms with Crippen LogP contribution in [0.3, 0.4) is 0 Å². The Hall–Kier alpha value is -0.700. The van der Waals surface area contributed by atoms with Crippen LogP contribution in [0.4, 0.5) is 0 Å². The van der Waals surface area contributed by atoms with Crippen LogP contribution in [0.15, 0.2) is 0 Å². The Bertz CT molecular complexity index is 601. The Labute approximate surface area is 151 Å². The lowest BCUT2D eigenvalue weighted by atomic mass is 9.78. The molecule has 0 aromatic rings. The molecule has 144 valence electrons. The minimum atomic E-state index is -3.49. The van der Waals surface area contributed by atoms with E-state index in [4.69, 9.17) is 4.74 Å². The van der Waals surface area contributed by atoms with Crippen molar-refractivity contribution in [1.29, 1.82) is 0 Å². The van der Waals surface area contributed by atoms with E-state index in [1.54, 1.807) is 15.7 Å². The lowest BCUT2D eigenvalue weighted by molar-refractivity contribution is -0.147. The zero-order valence-corrected chi connectivity index (χ0v) is 16.4. The SMILES string of the molecule is COC1CCN(S(=O)(=O)N2CC[C@]3(CCCN(C(C)C)C3=O)C2)CC1. The molecule has 0 aromatic carbocycles. The highest BCUT2D eigenvalue weighted by Gasteiger charge is 2.52. The van der Waals surface area contributed by atoms with Gasteiger partial charge in [0.1, 0.15) is 0 Å². The fourth-order valence-corrected chi connectivity index (χ4v) is 6.20. The summed E-state index contributed by atoms with van der Waals surface area (Å²) in [6, 6.07) is 0.170. The number of methoxy groups -OCH3 is 1. The van der Waals surface area contributed by atoms with Gasteiger partial charge in [0.2, 0.25) is 5.91 Å². The van der Waals surface area contributed by atoms with Gasteiger partial charge in [-0.05, 0) is 46.0 Å². The Morgan fingerprint density at radius 1 is 1.08 bits per heavy atom. The van der Waals surface area contributed by atoms with Gasteiger partial charge in [0, 0.05) is 45.9 Å². The molecule has 0 N–H and O–H groups in total. The fraction of sp³-hybridized carbons (Fsp3) is 0.941. The van der Waals surface area contributed by atoms with E-state index in [0.29, 0.717) is 32.6 Å². The molecule has 3 fully saturated rings. The van der Waals surface area contributed by atoms with Crippen LogP contribution in [-0.4, -0.2) is 79.8 Å². The second kappa shape index (κ2) is 7.13. The molecule has 3 heterocycles. The van der Waals surface area contributed by atoms with Crippen LogP contribution >= 0.6 is 0 Å². The molecule has 0 aliphatic carbocycles. The Balaban J connectivity index is 1.70. The predicted molar refractivity (Wildman–Crippen MR) is 95.2 cm³/mol. The largest absolute Gasteiger partial charge is 0.381 e. The number of ether oxygens (including phenoxy) is 1. The summed E-state index contributed by atoms with van der Waals surface area (Å²) in [6.07, 6.45) is 4.01. The van der Waals surface area contributed by atoms with Crippen molar-refractivity contribution in [3.8, 4) is 0 Å². The predicted octanol–water partition coefficient (Wildman–Crippen LogP) is 1.06. The standard InChI is InChI=1S/C17H31N3O4S/c1-14(2)20-9-4-7-17(16(20)21)8-12-19(13-17)25(22,23)18-10-5-15(24-3)6-11-18/h14-15H,4-13H2,1-3H3/t17-/m1/s1. The monoisotopic (exact) mass is 373 g/mol. The summed E-state index contributed by atoms with van der Waals surface area (Å²) in [5.74, 6) is 0.143. The second-order valence-electron chi connectivity index (χ2n) is 7.90. The summed E-state index contributed by atoms with van der Waals surface area (Å²) < 4.78 is 34.5. The number of piperidine rings is 2. The van der Waals surface area contributed by atoms with Crippen LogP contribution in [0.5, 0.6) is 0 Å². The van der Waals surface area contributed by atoms with Crippen molar-refractivity contribution in [3.05, 3.63) is 0 Å². The van der Waals surface area contributed by atoms with E-state index in [1.807, 2.05) is 18.7 Å². The number of hydrogen-bond donors (Lipinski definition) is 0. The van der Waals surface area contributed by atoms with E-state index in [9.17, 15) is 13.2 Å². The van der Waals surface area contributed by atoms with Crippen LogP contribution in [0.2, 0.25) is 0 Å². The molecule has 0 saturated carbocycles. The smallest absolute Gasteiger partial charge is 0.282 e. The van der Waals surface area contributed by atoms with E-state index < -0.39 is 15.6 Å². The summed E-state index contributed by atoms with van der Waals surface area (Å²) >= 11 is 0. The average Bonchev–Trinajstić information content (AvgIpc) is 3.03. The summed E-state index contributed by atoms with van der Waals surface area (Å²) in [5, 5.41) is 0. The molecule has 0 aromatic heterocycles. The molecule has 8 heteroatoms. The van der Waals surface area contributed by atoms with Crippen molar-refractivity contribution in [1.82, 2.24) is 13.5 Å². The van der Waals surface area contributed by atoms with Gasteiger partial charge in [-0.1, -0.05) is 0 Å². The molecule has 1 spiro atoms. The molecule has 1 atom stereocenters. The highest BCUT2D eigenvalue weighted by molar-refractivity contribution is 7.86. The van der Waals surface area contributed by atoms with Crippen molar-refractivity contribution in [2.45, 2.75) is 58.1 Å². The highest BCUT2D eigenvalue weighted by Crippen LogP contribution is 2.42. The first kappa shape index (κ1) is 19.1. The summed E-state index contributed by atoms with van der Waals surface area (Å²) in [5.41, 5.74) is -0.513. The minimum absolute atomic E-state index is 0.143. The average molecular weight is 374 g/mol. The summed E-state index contributed by atoms with van der Waals surface area (Å²) in [6.45, 7) is 6.62. The van der Waals surface area contributed by atoms with Crippen LogP contribution < -0.4 is 0 Å². The lowest BCUT2D eigenvalue weighted by Gasteiger charge is -2.41. The molecular weight excluding hydrogens is 342 g/mol. The van der Waals surface area contributed by atoms with Gasteiger partial charge in [0.05, 0.1) is 11.5 Å². The maximum absolute atomic E-state index is 13.0. The van der Waals surface area contributed by atoms with Crippen molar-refractivity contribution >= 4 is 16.1 Å². The number of likely N-dealkylation sites (tertiary alicyclic amines) is 1. The van der Waals surface area contributed by atoms with E-state index >= 15 is 0 Å². The molecule has 0 bridgehead atoms. The van der Waals surface area contributed by atoms with Crippen molar-refractivity contribution in [3.63, 3.8) is 0 Å². The number of nitrogens with zero attached hydrogens (tertiary/aromatic N) is 3. The van der Waals surface area contributed by atoms with Gasteiger partial charge in [-0.2, -0.15) is 17.0 Å². The molecule has 25 heavy (non-hydrogen) atoms. The van der Waals surface area contributed by atoms with Gasteiger partial charge < -0.3 is 9.64 Å². The number of carbonyl (C=O) groups is 1. The van der Waals surface area contributed by atoms with Gasteiger partial charge in [0.25, 0.3) is 10.2 Å². The van der Waals surface area contributed by atoms with E-state index in [2.05, 4.69) is 0 Å². The van der Waals surface area contributed by atoms with Gasteiger partial charge in [-0.15, -0.1) is 0 Å². The molecule has 1 amide bonds. The molecule has 3 aliphatic heterocycles. The van der Waals surface area contributed by atoms with E-state index in [-0.39, 0.29) is 18.1 Å². The van der Waals surface area contributed by atoms with Gasteiger partial charge in [-0.25, -0.2) is 0 Å². The van der Waals surface area contributed by atoms with Crippen LogP contribution in [0.25, 0.3) is 0 Å². The third kappa shape index (κ3) is 3.46. The number of amides is 1. The zero-order chi connectivity index (χ0) is 18.2. The van der Waals surface area contributed by atoms with E-state index in [1.165, 1.54) is 0 Å². The van der Waals surface area contributed by atoms with Crippen molar-refractivity contribution in [2.24, 2.45) is 5.41 Å². The Morgan fingerprint density at radius 3 is 2.36 bits per heavy atom. The Morgan fingerprint density at radius 2 is 1.76 bits per heavy atom. The molecule has 7 nitrogen and oxygen atoms in total. The van der Waals surface area contributed by atoms with Crippen LogP contribution in [-0.2, 0) is 19.7 Å². The first-order valence-corrected chi connectivity index (χ1v) is 10.8. The zero-order valence-electron chi connectivity index (χ0n) is 15.6. The number of hydrogen-bond acceptors (Lipinski definition) is 4. The molecule has 0 radical (unpaired) electrons. The van der Waals surface area contributed by atoms with Crippen molar-refractivity contribution < 1.29 is 17.9 Å². The number of carbonyl (C=O) groups excluding carboxylic acids is 1. The quantitative estimate of drug-likeness (QED) is 0.739. The lowest BCUT2D eigenvalue weighted by Crippen LogP contribution is -2.53. The first-order chi connectivity index (χ1) is 11.8. The normalized spacial score (nSPS) is 30.7. The third-order valence-electron chi connectivity index (χ3n) is 6.10. The Kier molecular flexibility index (Phi) is 5.44. The highest BCUT2D eigenvalue weighted by atomic mass is 32.2. The van der Waals surface area contributed by atoms with Gasteiger partial charge in [0.15, 0.2) is 0 Å². The first-order valence-electron chi connectivity index (χ1n) is 9.39. The molecule has 3 saturated heterocycles. The second-order valence-corrected chi connectivity index (χ2v) is 9.83. The molecular formula is C17H31N3O4S. The fourth-order valence-electron chi connectivity index (χ4n) is 4.47. The van der Waals surface area contributed by atoms with Gasteiger partial charge in [-0.3, -0.25) is 4.79 Å². The molecule has 3 rings (SSSR count). The van der Waals surface area contributed by atoms with Crippen molar-refractivity contribution in [2.75, 3.05) is 39.8 Å².